The lowest BCUT2D eigenvalue weighted by Gasteiger charge is -2.05. The zero-order valence-corrected chi connectivity index (χ0v) is 8.24. The maximum absolute atomic E-state index is 9.73. The number of aryl methyl sites for hydroxylation is 2. The van der Waals surface area contributed by atoms with Crippen LogP contribution in [0, 0.1) is 13.8 Å². The summed E-state index contributed by atoms with van der Waals surface area (Å²) in [5.41, 5.74) is 2.98. The highest BCUT2D eigenvalue weighted by Gasteiger charge is 2.08. The van der Waals surface area contributed by atoms with Crippen LogP contribution in [0.15, 0.2) is 34.9 Å². The molecule has 0 atom stereocenters. The van der Waals surface area contributed by atoms with E-state index in [1.807, 2.05) is 32.0 Å². The Morgan fingerprint density at radius 3 is 2.50 bits per heavy atom. The number of phenols is 1. The van der Waals surface area contributed by atoms with Crippen LogP contribution in [-0.4, -0.2) is 5.11 Å². The van der Waals surface area contributed by atoms with Crippen molar-refractivity contribution in [3.8, 4) is 17.1 Å². The van der Waals surface area contributed by atoms with Crippen molar-refractivity contribution in [1.82, 2.24) is 0 Å². The molecule has 14 heavy (non-hydrogen) atoms. The first-order chi connectivity index (χ1) is 6.68. The Morgan fingerprint density at radius 2 is 1.86 bits per heavy atom. The molecule has 0 radical (unpaired) electrons. The fourth-order valence-corrected chi connectivity index (χ4v) is 1.43. The van der Waals surface area contributed by atoms with E-state index >= 15 is 0 Å². The summed E-state index contributed by atoms with van der Waals surface area (Å²) in [4.78, 5) is 0. The van der Waals surface area contributed by atoms with Crippen LogP contribution < -0.4 is 0 Å². The number of benzene rings is 1. The second-order valence-corrected chi connectivity index (χ2v) is 3.43. The van der Waals surface area contributed by atoms with Crippen LogP contribution in [0.2, 0.25) is 0 Å². The molecule has 2 aromatic rings. The summed E-state index contributed by atoms with van der Waals surface area (Å²) in [7, 11) is 0. The van der Waals surface area contributed by atoms with Crippen molar-refractivity contribution in [1.29, 1.82) is 0 Å². The summed E-state index contributed by atoms with van der Waals surface area (Å²) in [6.45, 7) is 3.99. The van der Waals surface area contributed by atoms with Crippen LogP contribution in [-0.2, 0) is 0 Å². The average Bonchev–Trinajstić information content (AvgIpc) is 2.64. The van der Waals surface area contributed by atoms with Gasteiger partial charge in [0.2, 0.25) is 0 Å². The van der Waals surface area contributed by atoms with Gasteiger partial charge in [-0.1, -0.05) is 0 Å². The van der Waals surface area contributed by atoms with Gasteiger partial charge in [0, 0.05) is 0 Å². The van der Waals surface area contributed by atoms with Gasteiger partial charge in [0.1, 0.15) is 11.5 Å². The maximum atomic E-state index is 9.73. The van der Waals surface area contributed by atoms with E-state index in [-0.39, 0.29) is 5.75 Å². The molecule has 0 spiro atoms. The van der Waals surface area contributed by atoms with Gasteiger partial charge in [-0.25, -0.2) is 0 Å². The third-order valence-corrected chi connectivity index (χ3v) is 2.40. The minimum atomic E-state index is 0.267. The summed E-state index contributed by atoms with van der Waals surface area (Å²) >= 11 is 0. The molecule has 0 fully saturated rings. The number of furan rings is 1. The largest absolute Gasteiger partial charge is 0.507 e. The van der Waals surface area contributed by atoms with E-state index in [1.54, 1.807) is 12.3 Å². The Hall–Kier alpha value is -1.70. The smallest absolute Gasteiger partial charge is 0.137 e. The fourth-order valence-electron chi connectivity index (χ4n) is 1.43. The molecule has 0 aliphatic rings. The first-order valence-electron chi connectivity index (χ1n) is 4.52. The van der Waals surface area contributed by atoms with Gasteiger partial charge < -0.3 is 9.52 Å². The second kappa shape index (κ2) is 3.22. The Morgan fingerprint density at radius 1 is 1.14 bits per heavy atom. The molecular formula is C12H12O2. The molecule has 0 aliphatic carbocycles. The molecule has 72 valence electrons. The summed E-state index contributed by atoms with van der Waals surface area (Å²) < 4.78 is 5.24. The molecule has 1 N–H and O–H groups in total. The van der Waals surface area contributed by atoms with Gasteiger partial charge in [-0.05, 0) is 49.2 Å². The molecule has 1 aromatic heterocycles. The van der Waals surface area contributed by atoms with Crippen molar-refractivity contribution in [3.05, 3.63) is 41.7 Å². The van der Waals surface area contributed by atoms with Gasteiger partial charge >= 0.3 is 0 Å². The van der Waals surface area contributed by atoms with E-state index in [4.69, 9.17) is 4.42 Å². The highest BCUT2D eigenvalue weighted by molar-refractivity contribution is 5.67. The third kappa shape index (κ3) is 1.39. The molecule has 1 heterocycles. The topological polar surface area (TPSA) is 33.4 Å². The van der Waals surface area contributed by atoms with Crippen LogP contribution in [0.25, 0.3) is 11.3 Å². The van der Waals surface area contributed by atoms with Crippen LogP contribution in [0.5, 0.6) is 5.75 Å². The third-order valence-electron chi connectivity index (χ3n) is 2.40. The number of phenolic OH excluding ortho intramolecular Hbond substituents is 1. The number of hydrogen-bond acceptors (Lipinski definition) is 2. The van der Waals surface area contributed by atoms with Gasteiger partial charge in [-0.15, -0.1) is 0 Å². The van der Waals surface area contributed by atoms with Gasteiger partial charge in [-0.2, -0.15) is 0 Å². The molecule has 2 heteroatoms. The Labute approximate surface area is 82.8 Å². The number of rotatable bonds is 1. The summed E-state index contributed by atoms with van der Waals surface area (Å²) in [6, 6.07) is 7.34. The highest BCUT2D eigenvalue weighted by Crippen LogP contribution is 2.31. The quantitative estimate of drug-likeness (QED) is 0.745. The minimum absolute atomic E-state index is 0.267. The predicted molar refractivity (Wildman–Crippen MR) is 55.3 cm³/mol. The first-order valence-corrected chi connectivity index (χ1v) is 4.52. The van der Waals surface area contributed by atoms with Crippen molar-refractivity contribution in [3.63, 3.8) is 0 Å². The van der Waals surface area contributed by atoms with Crippen LogP contribution in [0.4, 0.5) is 0 Å². The minimum Gasteiger partial charge on any atom is -0.507 e. The SMILES string of the molecule is Cc1cc(O)c(-c2ccco2)cc1C. The van der Waals surface area contributed by atoms with E-state index in [1.165, 1.54) is 0 Å². The van der Waals surface area contributed by atoms with Crippen molar-refractivity contribution >= 4 is 0 Å². The van der Waals surface area contributed by atoms with E-state index in [0.717, 1.165) is 16.7 Å². The van der Waals surface area contributed by atoms with Crippen LogP contribution in [0.3, 0.4) is 0 Å². The van der Waals surface area contributed by atoms with E-state index in [2.05, 4.69) is 0 Å². The maximum Gasteiger partial charge on any atom is 0.137 e. The van der Waals surface area contributed by atoms with Gasteiger partial charge in [-0.3, -0.25) is 0 Å². The molecule has 2 nitrogen and oxygen atoms in total. The number of aromatic hydroxyl groups is 1. The predicted octanol–water partition coefficient (Wildman–Crippen LogP) is 3.27. The molecule has 0 saturated carbocycles. The van der Waals surface area contributed by atoms with E-state index in [0.29, 0.717) is 5.76 Å². The molecule has 0 bridgehead atoms. The van der Waals surface area contributed by atoms with Crippen molar-refractivity contribution < 1.29 is 9.52 Å². The van der Waals surface area contributed by atoms with E-state index in [9.17, 15) is 5.11 Å². The summed E-state index contributed by atoms with van der Waals surface area (Å²) in [5.74, 6) is 0.966. The number of hydrogen-bond donors (Lipinski definition) is 1. The highest BCUT2D eigenvalue weighted by atomic mass is 16.3. The zero-order chi connectivity index (χ0) is 10.1. The zero-order valence-electron chi connectivity index (χ0n) is 8.24. The lowest BCUT2D eigenvalue weighted by Crippen LogP contribution is -1.83. The Balaban J connectivity index is 2.60. The standard InChI is InChI=1S/C12H12O2/c1-8-6-10(11(13)7-9(8)2)12-4-3-5-14-12/h3-7,13H,1-2H3. The molecule has 0 aliphatic heterocycles. The van der Waals surface area contributed by atoms with Crippen molar-refractivity contribution in [2.75, 3.05) is 0 Å². The summed E-state index contributed by atoms with van der Waals surface area (Å²) in [6.07, 6.45) is 1.60. The van der Waals surface area contributed by atoms with Crippen LogP contribution >= 0.6 is 0 Å². The van der Waals surface area contributed by atoms with Crippen molar-refractivity contribution in [2.45, 2.75) is 13.8 Å². The second-order valence-electron chi connectivity index (χ2n) is 3.43. The van der Waals surface area contributed by atoms with Crippen molar-refractivity contribution in [2.24, 2.45) is 0 Å². The Kier molecular flexibility index (Phi) is 2.04. The first kappa shape index (κ1) is 8.88. The van der Waals surface area contributed by atoms with Gasteiger partial charge in [0.25, 0.3) is 0 Å². The molecular weight excluding hydrogens is 176 g/mol. The molecule has 0 saturated heterocycles. The monoisotopic (exact) mass is 188 g/mol. The van der Waals surface area contributed by atoms with E-state index < -0.39 is 0 Å². The molecule has 0 unspecified atom stereocenters. The van der Waals surface area contributed by atoms with Gasteiger partial charge in [0.05, 0.1) is 11.8 Å². The molecule has 2 rings (SSSR count). The molecule has 0 amide bonds. The summed E-state index contributed by atoms with van der Waals surface area (Å²) in [5, 5.41) is 9.73. The molecule has 1 aromatic carbocycles. The average molecular weight is 188 g/mol. The van der Waals surface area contributed by atoms with Gasteiger partial charge in [0.15, 0.2) is 0 Å². The fraction of sp³-hybridized carbons (Fsp3) is 0.167. The lowest BCUT2D eigenvalue weighted by atomic mass is 10.0. The van der Waals surface area contributed by atoms with Crippen LogP contribution in [0.1, 0.15) is 11.1 Å². The Bertz CT molecular complexity index is 442. The lowest BCUT2D eigenvalue weighted by molar-refractivity contribution is 0.473. The normalized spacial score (nSPS) is 10.4.